The summed E-state index contributed by atoms with van der Waals surface area (Å²) in [6.07, 6.45) is 1.81. The summed E-state index contributed by atoms with van der Waals surface area (Å²) < 4.78 is 8.64. The van der Waals surface area contributed by atoms with Gasteiger partial charge < -0.3 is 4.42 Å². The lowest BCUT2D eigenvalue weighted by Gasteiger charge is -2.18. The second kappa shape index (κ2) is 7.55. The number of hydrogen-bond acceptors (Lipinski definition) is 2. The maximum Gasteiger partial charge on any atom is 0.135 e. The van der Waals surface area contributed by atoms with Crippen LogP contribution in [0.25, 0.3) is 74.9 Å². The van der Waals surface area contributed by atoms with Crippen LogP contribution in [0.1, 0.15) is 0 Å². The Labute approximate surface area is 211 Å². The van der Waals surface area contributed by atoms with Gasteiger partial charge in [-0.3, -0.25) is 0 Å². The highest BCUT2D eigenvalue weighted by atomic mass is 32.1. The van der Waals surface area contributed by atoms with E-state index in [4.69, 9.17) is 4.42 Å². The minimum atomic E-state index is 0.932. The first-order valence-electron chi connectivity index (χ1n) is 12.2. The molecule has 0 saturated carbocycles. The molecule has 0 aliphatic heterocycles. The standard InChI is InChI=1S/C34H20OS/c1-2-10-21(11-3-1)31-22-12-4-6-14-24(22)32(25-15-7-5-13-23(25)31)28-20-29-26(18-19-35-29)33-27-16-8-9-17-30(27)36-34(28)33/h1-20H. The van der Waals surface area contributed by atoms with E-state index in [2.05, 4.69) is 115 Å². The second-order valence-corrected chi connectivity index (χ2v) is 10.3. The zero-order valence-electron chi connectivity index (χ0n) is 19.4. The first kappa shape index (κ1) is 19.9. The van der Waals surface area contributed by atoms with Gasteiger partial charge in [0.05, 0.1) is 6.26 Å². The maximum absolute atomic E-state index is 6.03. The molecule has 0 saturated heterocycles. The van der Waals surface area contributed by atoms with Crippen LogP contribution in [-0.2, 0) is 0 Å². The van der Waals surface area contributed by atoms with Crippen LogP contribution in [0.3, 0.4) is 0 Å². The molecule has 0 spiro atoms. The van der Waals surface area contributed by atoms with Gasteiger partial charge >= 0.3 is 0 Å². The minimum Gasteiger partial charge on any atom is -0.464 e. The number of rotatable bonds is 2. The predicted molar refractivity (Wildman–Crippen MR) is 155 cm³/mol. The first-order chi connectivity index (χ1) is 17.9. The van der Waals surface area contributed by atoms with Gasteiger partial charge in [-0.15, -0.1) is 11.3 Å². The molecular weight excluding hydrogens is 456 g/mol. The summed E-state index contributed by atoms with van der Waals surface area (Å²) in [5, 5.41) is 8.83. The molecule has 2 aromatic heterocycles. The number of hydrogen-bond donors (Lipinski definition) is 0. The smallest absolute Gasteiger partial charge is 0.135 e. The molecule has 0 aliphatic carbocycles. The molecular formula is C34H20OS. The Kier molecular flexibility index (Phi) is 4.16. The number of benzene rings is 6. The van der Waals surface area contributed by atoms with Crippen molar-refractivity contribution >= 4 is 64.0 Å². The monoisotopic (exact) mass is 476 g/mol. The van der Waals surface area contributed by atoms with Gasteiger partial charge in [-0.1, -0.05) is 97.1 Å². The van der Waals surface area contributed by atoms with Crippen LogP contribution in [-0.4, -0.2) is 0 Å². The molecule has 0 aliphatic rings. The normalized spacial score (nSPS) is 11.9. The first-order valence-corrected chi connectivity index (χ1v) is 13.0. The van der Waals surface area contributed by atoms with Crippen LogP contribution in [0.4, 0.5) is 0 Å². The van der Waals surface area contributed by atoms with Crippen LogP contribution in [0.2, 0.25) is 0 Å². The second-order valence-electron chi connectivity index (χ2n) is 9.27. The molecule has 8 rings (SSSR count). The SMILES string of the molecule is c1ccc(-c2c3ccccc3c(-c3cc4occc4c4c3sc3ccccc34)c3ccccc23)cc1. The Bertz CT molecular complexity index is 2040. The van der Waals surface area contributed by atoms with Crippen molar-refractivity contribution in [3.05, 3.63) is 122 Å². The lowest BCUT2D eigenvalue weighted by Crippen LogP contribution is -1.91. The summed E-state index contributed by atoms with van der Waals surface area (Å²) in [5.41, 5.74) is 5.97. The summed E-state index contributed by atoms with van der Waals surface area (Å²) in [5.74, 6) is 0. The van der Waals surface area contributed by atoms with Gasteiger partial charge in [0.15, 0.2) is 0 Å². The van der Waals surface area contributed by atoms with E-state index in [-0.39, 0.29) is 0 Å². The highest BCUT2D eigenvalue weighted by molar-refractivity contribution is 7.26. The molecule has 36 heavy (non-hydrogen) atoms. The Hall–Kier alpha value is -4.40. The van der Waals surface area contributed by atoms with Crippen LogP contribution >= 0.6 is 11.3 Å². The lowest BCUT2D eigenvalue weighted by molar-refractivity contribution is 0.616. The average molecular weight is 477 g/mol. The highest BCUT2D eigenvalue weighted by Crippen LogP contribution is 2.49. The molecule has 0 bridgehead atoms. The summed E-state index contributed by atoms with van der Waals surface area (Å²) in [7, 11) is 0. The molecule has 1 nitrogen and oxygen atoms in total. The highest BCUT2D eigenvalue weighted by Gasteiger charge is 2.21. The molecule has 0 N–H and O–H groups in total. The molecule has 0 fully saturated rings. The van der Waals surface area contributed by atoms with Crippen LogP contribution in [0.15, 0.2) is 126 Å². The Morgan fingerprint density at radius 1 is 0.500 bits per heavy atom. The van der Waals surface area contributed by atoms with Crippen molar-refractivity contribution < 1.29 is 4.42 Å². The van der Waals surface area contributed by atoms with Gasteiger partial charge in [0.25, 0.3) is 0 Å². The van der Waals surface area contributed by atoms with Crippen molar-refractivity contribution in [2.24, 2.45) is 0 Å². The molecule has 168 valence electrons. The number of thiophene rings is 1. The maximum atomic E-state index is 6.03. The topological polar surface area (TPSA) is 13.1 Å². The van der Waals surface area contributed by atoms with Crippen LogP contribution in [0, 0.1) is 0 Å². The zero-order valence-corrected chi connectivity index (χ0v) is 20.2. The van der Waals surface area contributed by atoms with E-state index < -0.39 is 0 Å². The van der Waals surface area contributed by atoms with Crippen LogP contribution in [0.5, 0.6) is 0 Å². The van der Waals surface area contributed by atoms with Gasteiger partial charge in [-0.2, -0.15) is 0 Å². The Morgan fingerprint density at radius 3 is 1.78 bits per heavy atom. The van der Waals surface area contributed by atoms with Crippen molar-refractivity contribution in [3.8, 4) is 22.3 Å². The van der Waals surface area contributed by atoms with Gasteiger partial charge in [0.2, 0.25) is 0 Å². The van der Waals surface area contributed by atoms with Gasteiger partial charge in [0.1, 0.15) is 5.58 Å². The third kappa shape index (κ3) is 2.71. The van der Waals surface area contributed by atoms with Crippen molar-refractivity contribution in [1.29, 1.82) is 0 Å². The lowest BCUT2D eigenvalue weighted by atomic mass is 9.85. The van der Waals surface area contributed by atoms with Crippen molar-refractivity contribution in [2.45, 2.75) is 0 Å². The largest absolute Gasteiger partial charge is 0.464 e. The Morgan fingerprint density at radius 2 is 1.08 bits per heavy atom. The summed E-state index contributed by atoms with van der Waals surface area (Å²) in [6, 6.07) is 41.5. The van der Waals surface area contributed by atoms with Gasteiger partial charge in [0, 0.05) is 31.1 Å². The number of fused-ring (bicyclic) bond motifs is 7. The van der Waals surface area contributed by atoms with E-state index in [1.165, 1.54) is 69.4 Å². The molecule has 6 aromatic carbocycles. The molecule has 0 amide bonds. The van der Waals surface area contributed by atoms with E-state index >= 15 is 0 Å². The van der Waals surface area contributed by atoms with E-state index in [0.717, 1.165) is 5.58 Å². The van der Waals surface area contributed by atoms with Gasteiger partial charge in [-0.05, 0) is 56.4 Å². The van der Waals surface area contributed by atoms with Crippen molar-refractivity contribution in [3.63, 3.8) is 0 Å². The molecule has 0 unspecified atom stereocenters. The van der Waals surface area contributed by atoms with Crippen LogP contribution < -0.4 is 0 Å². The molecule has 2 heteroatoms. The summed E-state index contributed by atoms with van der Waals surface area (Å²) in [4.78, 5) is 0. The average Bonchev–Trinajstić information content (AvgIpc) is 3.56. The summed E-state index contributed by atoms with van der Waals surface area (Å²) >= 11 is 1.88. The minimum absolute atomic E-state index is 0.932. The van der Waals surface area contributed by atoms with Crippen molar-refractivity contribution in [1.82, 2.24) is 0 Å². The molecule has 0 radical (unpaired) electrons. The quantitative estimate of drug-likeness (QED) is 0.226. The predicted octanol–water partition coefficient (Wildman–Crippen LogP) is 10.4. The van der Waals surface area contributed by atoms with E-state index in [9.17, 15) is 0 Å². The zero-order chi connectivity index (χ0) is 23.6. The third-order valence-corrected chi connectivity index (χ3v) is 8.55. The van der Waals surface area contributed by atoms with E-state index in [1.807, 2.05) is 17.6 Å². The van der Waals surface area contributed by atoms with Crippen molar-refractivity contribution in [2.75, 3.05) is 0 Å². The summed E-state index contributed by atoms with van der Waals surface area (Å²) in [6.45, 7) is 0. The fourth-order valence-corrected chi connectivity index (χ4v) is 7.10. The molecule has 2 heterocycles. The third-order valence-electron chi connectivity index (χ3n) is 7.34. The van der Waals surface area contributed by atoms with E-state index in [1.54, 1.807) is 0 Å². The molecule has 0 atom stereocenters. The number of furan rings is 1. The van der Waals surface area contributed by atoms with Gasteiger partial charge in [-0.25, -0.2) is 0 Å². The fourth-order valence-electron chi connectivity index (χ4n) is 5.86. The fraction of sp³-hybridized carbons (Fsp3) is 0. The Balaban J connectivity index is 1.62. The molecule has 8 aromatic rings. The van der Waals surface area contributed by atoms with E-state index in [0.29, 0.717) is 0 Å².